The van der Waals surface area contributed by atoms with E-state index < -0.39 is 0 Å². The molecule has 0 unspecified atom stereocenters. The van der Waals surface area contributed by atoms with Crippen molar-refractivity contribution >= 4 is 16.3 Å². The molecular formula is C4H4N4S. The quantitative estimate of drug-likeness (QED) is 0.535. The molecule has 0 atom stereocenters. The number of hydrogen-bond donors (Lipinski definition) is 0. The van der Waals surface area contributed by atoms with Crippen LogP contribution in [0.1, 0.15) is 5.82 Å². The maximum absolute atomic E-state index is 3.99. The van der Waals surface area contributed by atoms with Crippen molar-refractivity contribution in [2.75, 3.05) is 0 Å². The second-order valence-electron chi connectivity index (χ2n) is 1.68. The first-order valence-corrected chi connectivity index (χ1v) is 3.37. The normalized spacial score (nSPS) is 10.8. The highest BCUT2D eigenvalue weighted by Crippen LogP contribution is 2.04. The summed E-state index contributed by atoms with van der Waals surface area (Å²) in [5.74, 6) is 0.839. The van der Waals surface area contributed by atoms with Crippen molar-refractivity contribution in [3.63, 3.8) is 0 Å². The summed E-state index contributed by atoms with van der Waals surface area (Å²) in [5, 5.41) is 11.7. The van der Waals surface area contributed by atoms with Crippen LogP contribution < -0.4 is 0 Å². The molecule has 2 rings (SSSR count). The Bertz CT molecular complexity index is 322. The molecule has 0 spiro atoms. The molecule has 0 aromatic carbocycles. The van der Waals surface area contributed by atoms with Crippen LogP contribution >= 0.6 is 11.3 Å². The van der Waals surface area contributed by atoms with Gasteiger partial charge in [0, 0.05) is 0 Å². The van der Waals surface area contributed by atoms with E-state index in [0.717, 1.165) is 10.8 Å². The van der Waals surface area contributed by atoms with E-state index in [4.69, 9.17) is 0 Å². The zero-order valence-corrected chi connectivity index (χ0v) is 5.59. The van der Waals surface area contributed by atoms with Crippen molar-refractivity contribution in [1.82, 2.24) is 19.8 Å². The number of fused-ring (bicyclic) bond motifs is 1. The molecule has 4 nitrogen and oxygen atoms in total. The van der Waals surface area contributed by atoms with Crippen molar-refractivity contribution in [3.8, 4) is 0 Å². The number of rotatable bonds is 0. The van der Waals surface area contributed by atoms with Gasteiger partial charge in [-0.05, 0) is 6.92 Å². The van der Waals surface area contributed by atoms with E-state index in [-0.39, 0.29) is 0 Å². The third kappa shape index (κ3) is 0.547. The molecule has 0 aliphatic rings. The molecule has 2 heterocycles. The Morgan fingerprint density at radius 3 is 3.22 bits per heavy atom. The highest BCUT2D eigenvalue weighted by atomic mass is 32.1. The molecule has 2 aromatic heterocycles. The van der Waals surface area contributed by atoms with E-state index in [0.29, 0.717) is 0 Å². The fourth-order valence-corrected chi connectivity index (χ4v) is 1.27. The second kappa shape index (κ2) is 1.51. The first-order chi connectivity index (χ1) is 4.38. The Kier molecular flexibility index (Phi) is 0.814. The Morgan fingerprint density at radius 1 is 1.56 bits per heavy atom. The molecule has 0 fully saturated rings. The lowest BCUT2D eigenvalue weighted by Gasteiger charge is -1.77. The fraction of sp³-hybridized carbons (Fsp3) is 0.250. The van der Waals surface area contributed by atoms with Crippen LogP contribution in [0.4, 0.5) is 0 Å². The van der Waals surface area contributed by atoms with Crippen LogP contribution in [0.2, 0.25) is 0 Å². The Morgan fingerprint density at radius 2 is 2.44 bits per heavy atom. The number of nitrogens with zero attached hydrogens (tertiary/aromatic N) is 4. The summed E-state index contributed by atoms with van der Waals surface area (Å²) in [6, 6.07) is 0. The molecular weight excluding hydrogens is 136 g/mol. The third-order valence-electron chi connectivity index (χ3n) is 1.09. The van der Waals surface area contributed by atoms with Crippen molar-refractivity contribution in [1.29, 1.82) is 0 Å². The molecule has 0 saturated carbocycles. The van der Waals surface area contributed by atoms with Crippen molar-refractivity contribution in [2.24, 2.45) is 0 Å². The molecule has 0 aliphatic heterocycles. The van der Waals surface area contributed by atoms with E-state index in [2.05, 4.69) is 15.3 Å². The predicted molar refractivity (Wildman–Crippen MR) is 33.4 cm³/mol. The van der Waals surface area contributed by atoms with Crippen LogP contribution in [0.5, 0.6) is 0 Å². The largest absolute Gasteiger partial charge is 0.234 e. The summed E-state index contributed by atoms with van der Waals surface area (Å²) in [4.78, 5) is 0.854. The van der Waals surface area contributed by atoms with Crippen LogP contribution in [0.3, 0.4) is 0 Å². The minimum absolute atomic E-state index is 0.839. The minimum atomic E-state index is 0.839. The van der Waals surface area contributed by atoms with Gasteiger partial charge >= 0.3 is 0 Å². The summed E-state index contributed by atoms with van der Waals surface area (Å²) in [5.41, 5.74) is 1.75. The predicted octanol–water partition coefficient (Wildman–Crippen LogP) is 0.494. The van der Waals surface area contributed by atoms with Gasteiger partial charge in [0.15, 0.2) is 5.82 Å². The summed E-state index contributed by atoms with van der Waals surface area (Å²) in [7, 11) is 0. The van der Waals surface area contributed by atoms with Gasteiger partial charge in [0.05, 0.1) is 0 Å². The zero-order valence-electron chi connectivity index (χ0n) is 4.77. The van der Waals surface area contributed by atoms with Crippen molar-refractivity contribution in [2.45, 2.75) is 6.92 Å². The minimum Gasteiger partial charge on any atom is -0.188 e. The SMILES string of the molecule is Cc1nnc2scnn12. The van der Waals surface area contributed by atoms with Gasteiger partial charge < -0.3 is 0 Å². The zero-order chi connectivity index (χ0) is 6.27. The van der Waals surface area contributed by atoms with Gasteiger partial charge in [-0.1, -0.05) is 11.3 Å². The topological polar surface area (TPSA) is 43.1 Å². The molecule has 2 aromatic rings. The van der Waals surface area contributed by atoms with Crippen molar-refractivity contribution < 1.29 is 0 Å². The van der Waals surface area contributed by atoms with Gasteiger partial charge in [0.25, 0.3) is 0 Å². The Balaban J connectivity index is 2.99. The molecule has 0 saturated heterocycles. The van der Waals surface area contributed by atoms with Crippen LogP contribution in [0.15, 0.2) is 5.51 Å². The highest BCUT2D eigenvalue weighted by Gasteiger charge is 1.99. The summed E-state index contributed by atoms with van der Waals surface area (Å²) >= 11 is 1.49. The molecule has 0 amide bonds. The Hall–Kier alpha value is -0.970. The van der Waals surface area contributed by atoms with Crippen LogP contribution in [0.25, 0.3) is 4.96 Å². The first kappa shape index (κ1) is 4.87. The standard InChI is InChI=1S/C4H4N4S/c1-3-6-7-4-8(3)5-2-9-4/h2H,1H3. The molecule has 46 valence electrons. The number of aryl methyl sites for hydroxylation is 1. The summed E-state index contributed by atoms with van der Waals surface area (Å²) in [6.45, 7) is 1.87. The molecule has 0 N–H and O–H groups in total. The molecule has 9 heavy (non-hydrogen) atoms. The number of aromatic nitrogens is 4. The van der Waals surface area contributed by atoms with E-state index in [1.165, 1.54) is 11.3 Å². The molecule has 0 bridgehead atoms. The fourth-order valence-electron chi connectivity index (χ4n) is 0.663. The van der Waals surface area contributed by atoms with Gasteiger partial charge in [0.2, 0.25) is 4.96 Å². The van der Waals surface area contributed by atoms with E-state index in [9.17, 15) is 0 Å². The van der Waals surface area contributed by atoms with Gasteiger partial charge in [-0.15, -0.1) is 10.2 Å². The maximum Gasteiger partial charge on any atom is 0.234 e. The van der Waals surface area contributed by atoms with Crippen LogP contribution in [-0.2, 0) is 0 Å². The Labute approximate surface area is 55.2 Å². The highest BCUT2D eigenvalue weighted by molar-refractivity contribution is 7.14. The third-order valence-corrected chi connectivity index (χ3v) is 1.75. The van der Waals surface area contributed by atoms with Gasteiger partial charge in [-0.3, -0.25) is 0 Å². The molecule has 0 aliphatic carbocycles. The lowest BCUT2D eigenvalue weighted by Crippen LogP contribution is -1.85. The van der Waals surface area contributed by atoms with Crippen molar-refractivity contribution in [3.05, 3.63) is 11.3 Å². The maximum atomic E-state index is 3.99. The average Bonchev–Trinajstić information content (AvgIpc) is 2.35. The van der Waals surface area contributed by atoms with Gasteiger partial charge in [-0.25, -0.2) is 0 Å². The van der Waals surface area contributed by atoms with E-state index in [1.807, 2.05) is 6.92 Å². The molecule has 0 radical (unpaired) electrons. The summed E-state index contributed by atoms with van der Waals surface area (Å²) in [6.07, 6.45) is 0. The van der Waals surface area contributed by atoms with Crippen LogP contribution in [-0.4, -0.2) is 19.8 Å². The van der Waals surface area contributed by atoms with Crippen LogP contribution in [0, 0.1) is 6.92 Å². The van der Waals surface area contributed by atoms with E-state index in [1.54, 1.807) is 10.0 Å². The number of hydrogen-bond acceptors (Lipinski definition) is 4. The lowest BCUT2D eigenvalue weighted by atomic mass is 10.7. The first-order valence-electron chi connectivity index (χ1n) is 2.49. The average molecular weight is 140 g/mol. The summed E-state index contributed by atoms with van der Waals surface area (Å²) < 4.78 is 1.71. The molecule has 5 heteroatoms. The second-order valence-corrected chi connectivity index (χ2v) is 2.49. The van der Waals surface area contributed by atoms with Gasteiger partial charge in [-0.2, -0.15) is 9.61 Å². The lowest BCUT2D eigenvalue weighted by molar-refractivity contribution is 0.894. The van der Waals surface area contributed by atoms with E-state index >= 15 is 0 Å². The van der Waals surface area contributed by atoms with Gasteiger partial charge in [0.1, 0.15) is 5.51 Å². The monoisotopic (exact) mass is 140 g/mol. The smallest absolute Gasteiger partial charge is 0.188 e.